The van der Waals surface area contributed by atoms with Crippen LogP contribution in [0.1, 0.15) is 30.2 Å². The fraction of sp³-hybridized carbons (Fsp3) is 0.400. The molecule has 0 amide bonds. The van der Waals surface area contributed by atoms with E-state index in [9.17, 15) is 0 Å². The van der Waals surface area contributed by atoms with Gasteiger partial charge in [-0.2, -0.15) is 5.10 Å². The predicted octanol–water partition coefficient (Wildman–Crippen LogP) is 3.43. The Morgan fingerprint density at radius 2 is 2.16 bits per heavy atom. The van der Waals surface area contributed by atoms with Crippen molar-refractivity contribution < 1.29 is 4.74 Å². The Morgan fingerprint density at radius 3 is 2.84 bits per heavy atom. The maximum atomic E-state index is 5.78. The summed E-state index contributed by atoms with van der Waals surface area (Å²) in [7, 11) is 0. The molecule has 2 N–H and O–H groups in total. The Kier molecular flexibility index (Phi) is 4.44. The van der Waals surface area contributed by atoms with E-state index < -0.39 is 0 Å². The van der Waals surface area contributed by atoms with E-state index >= 15 is 0 Å². The molecule has 0 atom stereocenters. The number of hydrogen-bond acceptors (Lipinski definition) is 3. The molecule has 0 aliphatic heterocycles. The summed E-state index contributed by atoms with van der Waals surface area (Å²) in [6.45, 7) is 7.69. The molecule has 4 nitrogen and oxygen atoms in total. The lowest BCUT2D eigenvalue weighted by Gasteiger charge is -2.13. The molecule has 1 aromatic heterocycles. The second-order valence-corrected chi connectivity index (χ2v) is 4.72. The number of aromatic nitrogens is 2. The van der Waals surface area contributed by atoms with Crippen LogP contribution in [0.15, 0.2) is 24.4 Å². The fourth-order valence-electron chi connectivity index (χ4n) is 1.85. The van der Waals surface area contributed by atoms with E-state index in [1.54, 1.807) is 0 Å². The monoisotopic (exact) mass is 259 g/mol. The van der Waals surface area contributed by atoms with Gasteiger partial charge in [0.2, 0.25) is 0 Å². The molecule has 1 aromatic carbocycles. The van der Waals surface area contributed by atoms with Crippen molar-refractivity contribution in [1.29, 1.82) is 0 Å². The summed E-state index contributed by atoms with van der Waals surface area (Å²) in [5, 5.41) is 10.4. The Bertz CT molecular complexity index is 534. The number of aryl methyl sites for hydroxylation is 2. The van der Waals surface area contributed by atoms with Gasteiger partial charge in [-0.1, -0.05) is 13.0 Å². The van der Waals surface area contributed by atoms with Crippen LogP contribution in [0.2, 0.25) is 0 Å². The van der Waals surface area contributed by atoms with E-state index in [2.05, 4.69) is 47.6 Å². The van der Waals surface area contributed by atoms with Gasteiger partial charge in [-0.25, -0.2) is 0 Å². The van der Waals surface area contributed by atoms with Gasteiger partial charge in [0.25, 0.3) is 0 Å². The van der Waals surface area contributed by atoms with Crippen LogP contribution in [0.25, 0.3) is 0 Å². The average molecular weight is 259 g/mol. The standard InChI is InChI=1S/C15H21N3O/c1-4-7-19-15-8-11(2)5-6-14(15)16-9-13-10-17-18-12(13)3/h5-6,8,10,16H,4,7,9H2,1-3H3,(H,17,18). The number of H-pyrrole nitrogens is 1. The summed E-state index contributed by atoms with van der Waals surface area (Å²) in [6, 6.07) is 6.22. The summed E-state index contributed by atoms with van der Waals surface area (Å²) in [5.74, 6) is 0.919. The number of nitrogens with one attached hydrogen (secondary N) is 2. The van der Waals surface area contributed by atoms with Crippen molar-refractivity contribution in [2.75, 3.05) is 11.9 Å². The van der Waals surface area contributed by atoms with Crippen LogP contribution < -0.4 is 10.1 Å². The summed E-state index contributed by atoms with van der Waals surface area (Å²) in [6.07, 6.45) is 2.86. The molecule has 0 aliphatic rings. The van der Waals surface area contributed by atoms with E-state index in [1.165, 1.54) is 11.1 Å². The first-order valence-corrected chi connectivity index (χ1v) is 6.67. The van der Waals surface area contributed by atoms with E-state index in [0.29, 0.717) is 0 Å². The van der Waals surface area contributed by atoms with E-state index in [0.717, 1.165) is 36.7 Å². The minimum atomic E-state index is 0.739. The summed E-state index contributed by atoms with van der Waals surface area (Å²) >= 11 is 0. The molecule has 0 spiro atoms. The summed E-state index contributed by atoms with van der Waals surface area (Å²) in [5.41, 5.74) is 4.49. The highest BCUT2D eigenvalue weighted by molar-refractivity contribution is 5.57. The SMILES string of the molecule is CCCOc1cc(C)ccc1NCc1cn[nH]c1C. The van der Waals surface area contributed by atoms with E-state index in [4.69, 9.17) is 4.74 Å². The normalized spacial score (nSPS) is 10.5. The lowest BCUT2D eigenvalue weighted by Crippen LogP contribution is -2.04. The molecular weight excluding hydrogens is 238 g/mol. The molecule has 2 rings (SSSR count). The lowest BCUT2D eigenvalue weighted by molar-refractivity contribution is 0.318. The van der Waals surface area contributed by atoms with Crippen LogP contribution in [0, 0.1) is 13.8 Å². The number of hydrogen-bond donors (Lipinski definition) is 2. The van der Waals surface area contributed by atoms with Gasteiger partial charge in [-0.3, -0.25) is 5.10 Å². The third-order valence-electron chi connectivity index (χ3n) is 3.00. The smallest absolute Gasteiger partial charge is 0.142 e. The number of aromatic amines is 1. The maximum absolute atomic E-state index is 5.78. The second kappa shape index (κ2) is 6.27. The van der Waals surface area contributed by atoms with Gasteiger partial charge in [0.15, 0.2) is 0 Å². The molecule has 0 bridgehead atoms. The number of nitrogens with zero attached hydrogens (tertiary/aromatic N) is 1. The number of rotatable bonds is 6. The van der Waals surface area contributed by atoms with Crippen molar-refractivity contribution in [2.24, 2.45) is 0 Å². The molecule has 0 aliphatic carbocycles. The highest BCUT2D eigenvalue weighted by Crippen LogP contribution is 2.26. The zero-order chi connectivity index (χ0) is 13.7. The van der Waals surface area contributed by atoms with Gasteiger partial charge in [0.1, 0.15) is 5.75 Å². The molecule has 4 heteroatoms. The van der Waals surface area contributed by atoms with Crippen LogP contribution in [0.5, 0.6) is 5.75 Å². The highest BCUT2D eigenvalue weighted by atomic mass is 16.5. The van der Waals surface area contributed by atoms with Crippen LogP contribution in [0.4, 0.5) is 5.69 Å². The van der Waals surface area contributed by atoms with Crippen LogP contribution >= 0.6 is 0 Å². The third kappa shape index (κ3) is 3.50. The van der Waals surface area contributed by atoms with Crippen molar-refractivity contribution in [2.45, 2.75) is 33.7 Å². The van der Waals surface area contributed by atoms with Crippen LogP contribution in [0.3, 0.4) is 0 Å². The summed E-state index contributed by atoms with van der Waals surface area (Å²) < 4.78 is 5.78. The molecule has 0 radical (unpaired) electrons. The largest absolute Gasteiger partial charge is 0.491 e. The van der Waals surface area contributed by atoms with Gasteiger partial charge in [0, 0.05) is 17.8 Å². The molecule has 0 saturated heterocycles. The maximum Gasteiger partial charge on any atom is 0.142 e. The molecule has 19 heavy (non-hydrogen) atoms. The second-order valence-electron chi connectivity index (χ2n) is 4.72. The Hall–Kier alpha value is -1.97. The first kappa shape index (κ1) is 13.5. The number of ether oxygens (including phenoxy) is 1. The average Bonchev–Trinajstić information content (AvgIpc) is 2.81. The van der Waals surface area contributed by atoms with Crippen LogP contribution in [-0.2, 0) is 6.54 Å². The Morgan fingerprint density at radius 1 is 1.32 bits per heavy atom. The molecule has 1 heterocycles. The van der Waals surface area contributed by atoms with Gasteiger partial charge in [-0.05, 0) is 38.0 Å². The minimum absolute atomic E-state index is 0.739. The van der Waals surface area contributed by atoms with Gasteiger partial charge < -0.3 is 10.1 Å². The van der Waals surface area contributed by atoms with E-state index in [1.807, 2.05) is 13.1 Å². The quantitative estimate of drug-likeness (QED) is 0.835. The molecule has 0 saturated carbocycles. The number of benzene rings is 1. The number of anilines is 1. The van der Waals surface area contributed by atoms with Gasteiger partial charge in [0.05, 0.1) is 18.5 Å². The topological polar surface area (TPSA) is 49.9 Å². The van der Waals surface area contributed by atoms with E-state index in [-0.39, 0.29) is 0 Å². The van der Waals surface area contributed by atoms with Crippen molar-refractivity contribution in [3.8, 4) is 5.75 Å². The molecule has 0 fully saturated rings. The van der Waals surface area contributed by atoms with Gasteiger partial charge >= 0.3 is 0 Å². The Labute approximate surface area is 114 Å². The van der Waals surface area contributed by atoms with Crippen molar-refractivity contribution in [3.63, 3.8) is 0 Å². The zero-order valence-corrected chi connectivity index (χ0v) is 11.8. The zero-order valence-electron chi connectivity index (χ0n) is 11.8. The Balaban J connectivity index is 2.08. The van der Waals surface area contributed by atoms with Crippen molar-refractivity contribution >= 4 is 5.69 Å². The van der Waals surface area contributed by atoms with Crippen LogP contribution in [-0.4, -0.2) is 16.8 Å². The predicted molar refractivity (Wildman–Crippen MR) is 77.6 cm³/mol. The summed E-state index contributed by atoms with van der Waals surface area (Å²) in [4.78, 5) is 0. The van der Waals surface area contributed by atoms with Crippen molar-refractivity contribution in [3.05, 3.63) is 41.2 Å². The lowest BCUT2D eigenvalue weighted by atomic mass is 10.2. The molecule has 102 valence electrons. The van der Waals surface area contributed by atoms with Crippen molar-refractivity contribution in [1.82, 2.24) is 10.2 Å². The first-order valence-electron chi connectivity index (χ1n) is 6.67. The highest BCUT2D eigenvalue weighted by Gasteiger charge is 2.05. The third-order valence-corrected chi connectivity index (χ3v) is 3.00. The first-order chi connectivity index (χ1) is 9.20. The molecular formula is C15H21N3O. The molecule has 2 aromatic rings. The molecule has 0 unspecified atom stereocenters. The minimum Gasteiger partial charge on any atom is -0.491 e. The fourth-order valence-corrected chi connectivity index (χ4v) is 1.85. The van der Waals surface area contributed by atoms with Gasteiger partial charge in [-0.15, -0.1) is 0 Å².